The summed E-state index contributed by atoms with van der Waals surface area (Å²) in [7, 11) is 0. The predicted octanol–water partition coefficient (Wildman–Crippen LogP) is 1.25. The van der Waals surface area contributed by atoms with E-state index in [1.54, 1.807) is 0 Å². The van der Waals surface area contributed by atoms with Crippen molar-refractivity contribution in [1.29, 1.82) is 0 Å². The van der Waals surface area contributed by atoms with E-state index >= 15 is 0 Å². The third kappa shape index (κ3) is 1.52. The highest BCUT2D eigenvalue weighted by molar-refractivity contribution is 5.08. The van der Waals surface area contributed by atoms with Gasteiger partial charge in [0.05, 0.1) is 0 Å². The molecule has 0 bridgehead atoms. The lowest BCUT2D eigenvalue weighted by Gasteiger charge is -2.29. The average Bonchev–Trinajstić information content (AvgIpc) is 1.96. The van der Waals surface area contributed by atoms with Crippen molar-refractivity contribution in [2.24, 2.45) is 5.92 Å². The molecule has 0 unspecified atom stereocenters. The van der Waals surface area contributed by atoms with Gasteiger partial charge in [0.25, 0.3) is 0 Å². The summed E-state index contributed by atoms with van der Waals surface area (Å²) in [6.07, 6.45) is 8.15. The monoisotopic (exact) mass is 136 g/mol. The van der Waals surface area contributed by atoms with Crippen LogP contribution in [0.1, 0.15) is 25.7 Å². The van der Waals surface area contributed by atoms with E-state index in [1.165, 1.54) is 0 Å². The van der Waals surface area contributed by atoms with Crippen molar-refractivity contribution in [1.82, 2.24) is 0 Å². The lowest BCUT2D eigenvalue weighted by Crippen LogP contribution is -2.31. The molecule has 0 aromatic carbocycles. The summed E-state index contributed by atoms with van der Waals surface area (Å²) in [5, 5.41) is 9.51. The second-order valence-electron chi connectivity index (χ2n) is 3.01. The Balaban J connectivity index is 2.48. The maximum Gasteiger partial charge on any atom is 0.125 e. The molecule has 54 valence electrons. The molecule has 0 aromatic rings. The zero-order valence-corrected chi connectivity index (χ0v) is 6.01. The van der Waals surface area contributed by atoms with Crippen LogP contribution in [0.5, 0.6) is 0 Å². The van der Waals surface area contributed by atoms with Gasteiger partial charge in [0.2, 0.25) is 0 Å². The molecular formula is C9H12O. The number of rotatable bonds is 0. The number of terminal acetylenes is 1. The Labute approximate surface area is 62.4 Å². The summed E-state index contributed by atoms with van der Waals surface area (Å²) in [6, 6.07) is 0. The van der Waals surface area contributed by atoms with Gasteiger partial charge in [-0.25, -0.2) is 0 Å². The molecule has 1 N–H and O–H groups in total. The highest BCUT2D eigenvalue weighted by Gasteiger charge is 2.29. The van der Waals surface area contributed by atoms with Crippen LogP contribution in [0.25, 0.3) is 0 Å². The van der Waals surface area contributed by atoms with E-state index in [1.807, 2.05) is 0 Å². The highest BCUT2D eigenvalue weighted by Crippen LogP contribution is 2.30. The standard InChI is InChI=1S/C9H12O/c1-3-9(10)6-4-8(2)5-7-9/h1-2,8,10H,4-7H2. The van der Waals surface area contributed by atoms with Crippen molar-refractivity contribution in [2.75, 3.05) is 0 Å². The van der Waals surface area contributed by atoms with Gasteiger partial charge in [-0.05, 0) is 38.5 Å². The van der Waals surface area contributed by atoms with Crippen LogP contribution in [0, 0.1) is 25.2 Å². The molecule has 10 heavy (non-hydrogen) atoms. The van der Waals surface area contributed by atoms with E-state index in [-0.39, 0.29) is 5.92 Å². The molecule has 0 saturated heterocycles. The van der Waals surface area contributed by atoms with Crippen LogP contribution in [0.3, 0.4) is 0 Å². The van der Waals surface area contributed by atoms with Gasteiger partial charge in [-0.1, -0.05) is 5.92 Å². The fourth-order valence-corrected chi connectivity index (χ4v) is 1.26. The summed E-state index contributed by atoms with van der Waals surface area (Å²) >= 11 is 0. The molecule has 0 aliphatic heterocycles. The summed E-state index contributed by atoms with van der Waals surface area (Å²) in [5.74, 6) is 2.64. The van der Waals surface area contributed by atoms with Crippen LogP contribution in [-0.2, 0) is 0 Å². The summed E-state index contributed by atoms with van der Waals surface area (Å²) in [4.78, 5) is 0. The van der Waals surface area contributed by atoms with Crippen LogP contribution in [-0.4, -0.2) is 10.7 Å². The molecule has 1 aliphatic rings. The Morgan fingerprint density at radius 1 is 1.40 bits per heavy atom. The largest absolute Gasteiger partial charge is 0.378 e. The van der Waals surface area contributed by atoms with Gasteiger partial charge >= 0.3 is 0 Å². The maximum absolute atomic E-state index is 9.51. The quantitative estimate of drug-likeness (QED) is 0.497. The van der Waals surface area contributed by atoms with E-state index in [9.17, 15) is 5.11 Å². The zero-order valence-electron chi connectivity index (χ0n) is 6.01. The Morgan fingerprint density at radius 2 is 1.90 bits per heavy atom. The zero-order chi connectivity index (χ0) is 7.61. The SMILES string of the molecule is [CH]C1CCC(O)(C#C)CC1. The van der Waals surface area contributed by atoms with Gasteiger partial charge in [0, 0.05) is 0 Å². The first-order chi connectivity index (χ1) is 4.66. The van der Waals surface area contributed by atoms with Crippen LogP contribution >= 0.6 is 0 Å². The second-order valence-corrected chi connectivity index (χ2v) is 3.01. The average molecular weight is 136 g/mol. The topological polar surface area (TPSA) is 20.2 Å². The second kappa shape index (κ2) is 2.64. The van der Waals surface area contributed by atoms with Gasteiger partial charge in [-0.15, -0.1) is 6.42 Å². The molecule has 1 heteroatoms. The van der Waals surface area contributed by atoms with Crippen molar-refractivity contribution in [3.63, 3.8) is 0 Å². The van der Waals surface area contributed by atoms with Gasteiger partial charge < -0.3 is 5.11 Å². The van der Waals surface area contributed by atoms with Crippen molar-refractivity contribution < 1.29 is 5.11 Å². The minimum absolute atomic E-state index is 0.244. The van der Waals surface area contributed by atoms with Crippen molar-refractivity contribution in [2.45, 2.75) is 31.3 Å². The Morgan fingerprint density at radius 3 is 2.30 bits per heavy atom. The molecule has 0 amide bonds. The Bertz CT molecular complexity index is 147. The molecular weight excluding hydrogens is 124 g/mol. The first-order valence-corrected chi connectivity index (χ1v) is 3.62. The van der Waals surface area contributed by atoms with E-state index in [2.05, 4.69) is 5.92 Å². The van der Waals surface area contributed by atoms with Crippen LogP contribution in [0.15, 0.2) is 0 Å². The van der Waals surface area contributed by atoms with E-state index < -0.39 is 5.60 Å². The molecule has 2 radical (unpaired) electrons. The van der Waals surface area contributed by atoms with E-state index in [0.717, 1.165) is 12.8 Å². The predicted molar refractivity (Wildman–Crippen MR) is 40.0 cm³/mol. The molecule has 1 fully saturated rings. The fraction of sp³-hybridized carbons (Fsp3) is 0.667. The molecule has 0 heterocycles. The highest BCUT2D eigenvalue weighted by atomic mass is 16.3. The van der Waals surface area contributed by atoms with E-state index in [4.69, 9.17) is 13.3 Å². The van der Waals surface area contributed by atoms with Crippen LogP contribution < -0.4 is 0 Å². The summed E-state index contributed by atoms with van der Waals surface area (Å²) in [6.45, 7) is 5.63. The third-order valence-corrected chi connectivity index (χ3v) is 2.13. The molecule has 0 aromatic heterocycles. The number of hydrogen-bond donors (Lipinski definition) is 1. The first kappa shape index (κ1) is 7.63. The Kier molecular flexibility index (Phi) is 2.01. The van der Waals surface area contributed by atoms with Gasteiger partial charge in [0.1, 0.15) is 5.60 Å². The number of aliphatic hydroxyl groups is 1. The summed E-state index contributed by atoms with van der Waals surface area (Å²) < 4.78 is 0. The minimum Gasteiger partial charge on any atom is -0.378 e. The number of hydrogen-bond acceptors (Lipinski definition) is 1. The Hall–Kier alpha value is -0.480. The maximum atomic E-state index is 9.51. The minimum atomic E-state index is -0.851. The summed E-state index contributed by atoms with van der Waals surface area (Å²) in [5.41, 5.74) is -0.851. The van der Waals surface area contributed by atoms with Gasteiger partial charge in [0.15, 0.2) is 0 Å². The molecule has 1 rings (SSSR count). The molecule has 1 nitrogen and oxygen atoms in total. The fourth-order valence-electron chi connectivity index (χ4n) is 1.26. The normalized spacial score (nSPS) is 40.7. The van der Waals surface area contributed by atoms with Crippen LogP contribution in [0.2, 0.25) is 0 Å². The molecule has 1 aliphatic carbocycles. The molecule has 1 saturated carbocycles. The van der Waals surface area contributed by atoms with Crippen molar-refractivity contribution in [3.8, 4) is 12.3 Å². The van der Waals surface area contributed by atoms with Crippen LogP contribution in [0.4, 0.5) is 0 Å². The lowest BCUT2D eigenvalue weighted by atomic mass is 9.80. The van der Waals surface area contributed by atoms with E-state index in [0.29, 0.717) is 12.8 Å². The lowest BCUT2D eigenvalue weighted by molar-refractivity contribution is 0.0508. The molecule has 0 spiro atoms. The molecule has 0 atom stereocenters. The third-order valence-electron chi connectivity index (χ3n) is 2.13. The smallest absolute Gasteiger partial charge is 0.125 e. The van der Waals surface area contributed by atoms with Gasteiger partial charge in [-0.3, -0.25) is 0 Å². The van der Waals surface area contributed by atoms with Crippen molar-refractivity contribution in [3.05, 3.63) is 6.92 Å². The first-order valence-electron chi connectivity index (χ1n) is 3.62. The van der Waals surface area contributed by atoms with Gasteiger partial charge in [-0.2, -0.15) is 0 Å². The van der Waals surface area contributed by atoms with Crippen molar-refractivity contribution >= 4 is 0 Å².